The van der Waals surface area contributed by atoms with Gasteiger partial charge < -0.3 is 10.4 Å². The summed E-state index contributed by atoms with van der Waals surface area (Å²) in [5, 5.41) is 11.7. The molecule has 0 spiro atoms. The molecule has 0 bridgehead atoms. The number of nitrogens with one attached hydrogen (secondary N) is 1. The van der Waals surface area contributed by atoms with Gasteiger partial charge in [0.15, 0.2) is 0 Å². The van der Waals surface area contributed by atoms with Gasteiger partial charge in [0.05, 0.1) is 0 Å². The number of rotatable bonds is 5. The lowest BCUT2D eigenvalue weighted by molar-refractivity contribution is -0.140. The van der Waals surface area contributed by atoms with E-state index in [1.54, 1.807) is 0 Å². The average molecular weight is 159 g/mol. The zero-order valence-corrected chi connectivity index (χ0v) is 7.42. The molecule has 0 aliphatic heterocycles. The second-order valence-electron chi connectivity index (χ2n) is 3.01. The van der Waals surface area contributed by atoms with Crippen molar-refractivity contribution in [3.05, 3.63) is 0 Å². The Balaban J connectivity index is 3.80. The maximum atomic E-state index is 10.6. The molecule has 0 saturated heterocycles. The molecular formula is C8H17NO2. The third-order valence-corrected chi connectivity index (χ3v) is 1.55. The Morgan fingerprint density at radius 2 is 2.09 bits per heavy atom. The zero-order valence-electron chi connectivity index (χ0n) is 7.42. The van der Waals surface area contributed by atoms with Gasteiger partial charge in [0.25, 0.3) is 0 Å². The smallest absolute Gasteiger partial charge is 0.320 e. The van der Waals surface area contributed by atoms with Crippen LogP contribution < -0.4 is 5.32 Å². The van der Waals surface area contributed by atoms with E-state index in [9.17, 15) is 4.79 Å². The molecule has 0 aliphatic carbocycles. The van der Waals surface area contributed by atoms with E-state index in [-0.39, 0.29) is 5.92 Å². The van der Waals surface area contributed by atoms with Crippen LogP contribution in [0.2, 0.25) is 0 Å². The number of carbonyl (C=O) groups is 1. The molecule has 0 rings (SSSR count). The van der Waals surface area contributed by atoms with Crippen molar-refractivity contribution in [3.8, 4) is 0 Å². The van der Waals surface area contributed by atoms with Gasteiger partial charge in [-0.2, -0.15) is 0 Å². The Hall–Kier alpha value is -0.570. The van der Waals surface area contributed by atoms with E-state index in [0.29, 0.717) is 0 Å². The largest absolute Gasteiger partial charge is 0.480 e. The van der Waals surface area contributed by atoms with Crippen LogP contribution in [0.15, 0.2) is 0 Å². The maximum absolute atomic E-state index is 10.6. The molecule has 2 N–H and O–H groups in total. The molecule has 3 nitrogen and oxygen atoms in total. The normalized spacial score (nSPS) is 13.5. The van der Waals surface area contributed by atoms with E-state index >= 15 is 0 Å². The van der Waals surface area contributed by atoms with Gasteiger partial charge >= 0.3 is 5.97 Å². The van der Waals surface area contributed by atoms with E-state index in [0.717, 1.165) is 13.0 Å². The first-order valence-corrected chi connectivity index (χ1v) is 4.05. The summed E-state index contributed by atoms with van der Waals surface area (Å²) in [6, 6.07) is -0.394. The Bertz CT molecular complexity index is 123. The molecule has 0 heterocycles. The highest BCUT2D eigenvalue weighted by Crippen LogP contribution is 2.00. The van der Waals surface area contributed by atoms with Crippen molar-refractivity contribution < 1.29 is 9.90 Å². The summed E-state index contributed by atoms with van der Waals surface area (Å²) in [7, 11) is 0. The van der Waals surface area contributed by atoms with Crippen LogP contribution in [0.1, 0.15) is 27.2 Å². The Morgan fingerprint density at radius 1 is 1.55 bits per heavy atom. The summed E-state index contributed by atoms with van der Waals surface area (Å²) in [5.41, 5.74) is 0. The minimum absolute atomic E-state index is 0.152. The third-order valence-electron chi connectivity index (χ3n) is 1.55. The monoisotopic (exact) mass is 159 g/mol. The minimum atomic E-state index is -0.756. The van der Waals surface area contributed by atoms with Gasteiger partial charge in [0.1, 0.15) is 6.04 Å². The van der Waals surface area contributed by atoms with Crippen LogP contribution in [0.5, 0.6) is 0 Å². The Morgan fingerprint density at radius 3 is 2.36 bits per heavy atom. The fourth-order valence-electron chi connectivity index (χ4n) is 0.908. The van der Waals surface area contributed by atoms with Crippen LogP contribution in [0.4, 0.5) is 0 Å². The van der Waals surface area contributed by atoms with Gasteiger partial charge in [-0.3, -0.25) is 4.79 Å². The van der Waals surface area contributed by atoms with E-state index in [1.165, 1.54) is 0 Å². The zero-order chi connectivity index (χ0) is 8.85. The van der Waals surface area contributed by atoms with E-state index in [1.807, 2.05) is 20.8 Å². The number of carboxylic acid groups (broad SMARTS) is 1. The molecule has 0 saturated carbocycles. The lowest BCUT2D eigenvalue weighted by atomic mass is 10.1. The van der Waals surface area contributed by atoms with Crippen molar-refractivity contribution in [1.82, 2.24) is 5.32 Å². The first-order chi connectivity index (χ1) is 5.09. The fourth-order valence-corrected chi connectivity index (χ4v) is 0.908. The van der Waals surface area contributed by atoms with Gasteiger partial charge in [0.2, 0.25) is 0 Å². The first-order valence-electron chi connectivity index (χ1n) is 4.05. The van der Waals surface area contributed by atoms with Crippen LogP contribution in [0.25, 0.3) is 0 Å². The van der Waals surface area contributed by atoms with Crippen molar-refractivity contribution in [2.45, 2.75) is 33.2 Å². The second kappa shape index (κ2) is 5.13. The van der Waals surface area contributed by atoms with Gasteiger partial charge in [-0.1, -0.05) is 20.8 Å². The summed E-state index contributed by atoms with van der Waals surface area (Å²) in [6.45, 7) is 6.60. The standard InChI is InChI=1S/C8H17NO2/c1-4-5-9-7(6(2)3)8(10)11/h6-7,9H,4-5H2,1-3H3,(H,10,11). The summed E-state index contributed by atoms with van der Waals surface area (Å²) < 4.78 is 0. The van der Waals surface area contributed by atoms with Gasteiger partial charge in [-0.05, 0) is 18.9 Å². The highest BCUT2D eigenvalue weighted by molar-refractivity contribution is 5.73. The molecule has 1 unspecified atom stereocenters. The number of hydrogen-bond donors (Lipinski definition) is 2. The molecule has 66 valence electrons. The minimum Gasteiger partial charge on any atom is -0.480 e. The SMILES string of the molecule is CCCNC(C(=O)O)C(C)C. The van der Waals surface area contributed by atoms with Gasteiger partial charge in [-0.25, -0.2) is 0 Å². The molecule has 0 aromatic rings. The molecule has 0 amide bonds. The van der Waals surface area contributed by atoms with Crippen molar-refractivity contribution in [1.29, 1.82) is 0 Å². The van der Waals surface area contributed by atoms with Crippen molar-refractivity contribution in [3.63, 3.8) is 0 Å². The molecule has 0 aromatic heterocycles. The molecule has 0 radical (unpaired) electrons. The van der Waals surface area contributed by atoms with Gasteiger partial charge in [0, 0.05) is 0 Å². The summed E-state index contributed by atoms with van der Waals surface area (Å²) >= 11 is 0. The number of aliphatic carboxylic acids is 1. The highest BCUT2D eigenvalue weighted by atomic mass is 16.4. The van der Waals surface area contributed by atoms with Crippen molar-refractivity contribution in [2.24, 2.45) is 5.92 Å². The van der Waals surface area contributed by atoms with Crippen LogP contribution in [0, 0.1) is 5.92 Å². The molecule has 0 fully saturated rings. The average Bonchev–Trinajstić information content (AvgIpc) is 1.87. The maximum Gasteiger partial charge on any atom is 0.320 e. The predicted octanol–water partition coefficient (Wildman–Crippen LogP) is 1.10. The fraction of sp³-hybridized carbons (Fsp3) is 0.875. The lowest BCUT2D eigenvalue weighted by Gasteiger charge is -2.16. The predicted molar refractivity (Wildman–Crippen MR) is 44.6 cm³/mol. The van der Waals surface area contributed by atoms with E-state index < -0.39 is 12.0 Å². The summed E-state index contributed by atoms with van der Waals surface area (Å²) in [4.78, 5) is 10.6. The number of hydrogen-bond acceptors (Lipinski definition) is 2. The summed E-state index contributed by atoms with van der Waals surface area (Å²) in [6.07, 6.45) is 0.969. The van der Waals surface area contributed by atoms with E-state index in [2.05, 4.69) is 5.32 Å². The van der Waals surface area contributed by atoms with Crippen LogP contribution in [0.3, 0.4) is 0 Å². The van der Waals surface area contributed by atoms with Crippen molar-refractivity contribution in [2.75, 3.05) is 6.54 Å². The molecule has 11 heavy (non-hydrogen) atoms. The van der Waals surface area contributed by atoms with Crippen molar-refractivity contribution >= 4 is 5.97 Å². The topological polar surface area (TPSA) is 49.3 Å². The van der Waals surface area contributed by atoms with Crippen LogP contribution in [-0.4, -0.2) is 23.7 Å². The van der Waals surface area contributed by atoms with Crippen LogP contribution in [-0.2, 0) is 4.79 Å². The molecule has 0 aromatic carbocycles. The molecular weight excluding hydrogens is 142 g/mol. The summed E-state index contributed by atoms with van der Waals surface area (Å²) in [5.74, 6) is -0.604. The quantitative estimate of drug-likeness (QED) is 0.631. The molecule has 0 aliphatic rings. The van der Waals surface area contributed by atoms with Gasteiger partial charge in [-0.15, -0.1) is 0 Å². The van der Waals surface area contributed by atoms with Crippen LogP contribution >= 0.6 is 0 Å². The molecule has 3 heteroatoms. The molecule has 1 atom stereocenters. The first kappa shape index (κ1) is 10.4. The number of carboxylic acids is 1. The Kier molecular flexibility index (Phi) is 4.86. The Labute approximate surface area is 67.8 Å². The highest BCUT2D eigenvalue weighted by Gasteiger charge is 2.19. The lowest BCUT2D eigenvalue weighted by Crippen LogP contribution is -2.41. The third kappa shape index (κ3) is 3.98. The van der Waals surface area contributed by atoms with E-state index in [4.69, 9.17) is 5.11 Å². The second-order valence-corrected chi connectivity index (χ2v) is 3.01.